The Balaban J connectivity index is 1.30. The monoisotopic (exact) mass is 690 g/mol. The molecule has 252 valence electrons. The van der Waals surface area contributed by atoms with Crippen LogP contribution in [0.5, 0.6) is 0 Å². The maximum Gasteiger partial charge on any atom is 0.164 e. The lowest BCUT2D eigenvalue weighted by atomic mass is 9.91. The van der Waals surface area contributed by atoms with Gasteiger partial charge in [-0.05, 0) is 52.6 Å². The van der Waals surface area contributed by atoms with Crippen LogP contribution in [0, 0.1) is 11.3 Å². The van der Waals surface area contributed by atoms with Crippen LogP contribution in [-0.2, 0) is 0 Å². The smallest absolute Gasteiger partial charge is 0.164 e. The van der Waals surface area contributed by atoms with Gasteiger partial charge in [0, 0.05) is 33.2 Å². The first-order valence-electron chi connectivity index (χ1n) is 17.7. The van der Waals surface area contributed by atoms with E-state index >= 15 is 0 Å². The summed E-state index contributed by atoms with van der Waals surface area (Å²) in [5.74, 6) is 2.33. The molecule has 6 nitrogen and oxygen atoms in total. The minimum atomic E-state index is 0.545. The Morgan fingerprint density at radius 1 is 0.333 bits per heavy atom. The van der Waals surface area contributed by atoms with Gasteiger partial charge in [0.15, 0.2) is 23.3 Å². The molecular formula is C48H30N6. The summed E-state index contributed by atoms with van der Waals surface area (Å²) >= 11 is 0. The first-order chi connectivity index (χ1) is 26.7. The standard InChI is InChI=1S/C48H30N6/c49-31-32-24-26-33(27-25-32)37-28-29-40(48-53-45(35-16-6-2-7-17-35)52-46(54-48)36-18-8-3-9-19-36)42(30-37)38-20-10-11-21-39(38)47-50-43-23-13-12-22-41(43)44(51-47)34-14-4-1-5-15-34/h1-30H. The third-order valence-electron chi connectivity index (χ3n) is 9.42. The highest BCUT2D eigenvalue weighted by Crippen LogP contribution is 2.40. The zero-order valence-electron chi connectivity index (χ0n) is 29.0. The van der Waals surface area contributed by atoms with E-state index in [-0.39, 0.29) is 0 Å². The van der Waals surface area contributed by atoms with E-state index in [9.17, 15) is 5.26 Å². The molecule has 0 aliphatic rings. The van der Waals surface area contributed by atoms with E-state index in [1.807, 2.05) is 133 Å². The molecule has 0 amide bonds. The Labute approximate surface area is 312 Å². The Morgan fingerprint density at radius 2 is 0.833 bits per heavy atom. The molecule has 9 rings (SSSR count). The van der Waals surface area contributed by atoms with Crippen molar-refractivity contribution in [1.82, 2.24) is 24.9 Å². The van der Waals surface area contributed by atoms with Crippen LogP contribution in [0.1, 0.15) is 5.56 Å². The van der Waals surface area contributed by atoms with Gasteiger partial charge in [-0.1, -0.05) is 152 Å². The van der Waals surface area contributed by atoms with Gasteiger partial charge in [0.1, 0.15) is 0 Å². The lowest BCUT2D eigenvalue weighted by molar-refractivity contribution is 1.07. The molecule has 9 aromatic rings. The van der Waals surface area contributed by atoms with Crippen molar-refractivity contribution in [2.45, 2.75) is 0 Å². The number of rotatable bonds is 7. The van der Waals surface area contributed by atoms with Gasteiger partial charge >= 0.3 is 0 Å². The fourth-order valence-corrected chi connectivity index (χ4v) is 6.73. The first kappa shape index (κ1) is 32.3. The van der Waals surface area contributed by atoms with Gasteiger partial charge < -0.3 is 0 Å². The zero-order chi connectivity index (χ0) is 36.3. The highest BCUT2D eigenvalue weighted by atomic mass is 15.0. The summed E-state index contributed by atoms with van der Waals surface area (Å²) in [7, 11) is 0. The van der Waals surface area contributed by atoms with Crippen molar-refractivity contribution in [3.8, 4) is 85.1 Å². The Morgan fingerprint density at radius 3 is 1.48 bits per heavy atom. The largest absolute Gasteiger partial charge is 0.228 e. The molecule has 54 heavy (non-hydrogen) atoms. The summed E-state index contributed by atoms with van der Waals surface area (Å²) in [6.45, 7) is 0. The topological polar surface area (TPSA) is 88.2 Å². The first-order valence-corrected chi connectivity index (χ1v) is 17.7. The van der Waals surface area contributed by atoms with Gasteiger partial charge in [-0.15, -0.1) is 0 Å². The number of hydrogen-bond acceptors (Lipinski definition) is 6. The predicted octanol–water partition coefficient (Wildman–Crippen LogP) is 11.4. The predicted molar refractivity (Wildman–Crippen MR) is 216 cm³/mol. The molecule has 0 bridgehead atoms. The van der Waals surface area contributed by atoms with Crippen molar-refractivity contribution in [3.05, 3.63) is 188 Å². The van der Waals surface area contributed by atoms with Gasteiger partial charge in [0.25, 0.3) is 0 Å². The molecule has 0 saturated carbocycles. The van der Waals surface area contributed by atoms with Crippen molar-refractivity contribution < 1.29 is 0 Å². The van der Waals surface area contributed by atoms with Gasteiger partial charge in [-0.2, -0.15) is 5.26 Å². The van der Waals surface area contributed by atoms with Crippen molar-refractivity contribution in [2.75, 3.05) is 0 Å². The summed E-state index contributed by atoms with van der Waals surface area (Å²) in [6.07, 6.45) is 0. The second-order valence-electron chi connectivity index (χ2n) is 12.8. The van der Waals surface area contributed by atoms with Gasteiger partial charge in [0.05, 0.1) is 22.8 Å². The maximum absolute atomic E-state index is 9.48. The van der Waals surface area contributed by atoms with Crippen molar-refractivity contribution in [2.24, 2.45) is 0 Å². The van der Waals surface area contributed by atoms with Crippen LogP contribution in [0.2, 0.25) is 0 Å². The molecule has 0 spiro atoms. The van der Waals surface area contributed by atoms with E-state index in [1.54, 1.807) is 0 Å². The minimum Gasteiger partial charge on any atom is -0.228 e. The van der Waals surface area contributed by atoms with E-state index in [4.69, 9.17) is 24.9 Å². The number of aromatic nitrogens is 5. The highest BCUT2D eigenvalue weighted by molar-refractivity contribution is 5.96. The number of nitriles is 1. The van der Waals surface area contributed by atoms with Crippen LogP contribution in [0.4, 0.5) is 0 Å². The average molecular weight is 691 g/mol. The number of nitrogens with zero attached hydrogens (tertiary/aromatic N) is 6. The highest BCUT2D eigenvalue weighted by Gasteiger charge is 2.21. The molecule has 2 aromatic heterocycles. The van der Waals surface area contributed by atoms with Crippen LogP contribution < -0.4 is 0 Å². The lowest BCUT2D eigenvalue weighted by Crippen LogP contribution is -2.02. The quantitative estimate of drug-likeness (QED) is 0.165. The molecular weight excluding hydrogens is 661 g/mol. The van der Waals surface area contributed by atoms with Crippen LogP contribution in [0.25, 0.3) is 90.0 Å². The summed E-state index contributed by atoms with van der Waals surface area (Å²) in [4.78, 5) is 25.6. The summed E-state index contributed by atoms with van der Waals surface area (Å²) < 4.78 is 0. The Hall–Kier alpha value is -7.62. The molecule has 0 unspecified atom stereocenters. The van der Waals surface area contributed by atoms with Crippen LogP contribution in [0.3, 0.4) is 0 Å². The van der Waals surface area contributed by atoms with Crippen molar-refractivity contribution in [1.29, 1.82) is 5.26 Å². The van der Waals surface area contributed by atoms with Gasteiger partial charge in [-0.25, -0.2) is 24.9 Å². The molecule has 0 aliphatic heterocycles. The molecule has 0 fully saturated rings. The number of para-hydroxylation sites is 1. The molecule has 0 saturated heterocycles. The summed E-state index contributed by atoms with van der Waals surface area (Å²) in [5, 5.41) is 10.5. The average Bonchev–Trinajstić information content (AvgIpc) is 3.26. The number of hydrogen-bond donors (Lipinski definition) is 0. The second-order valence-corrected chi connectivity index (χ2v) is 12.8. The van der Waals surface area contributed by atoms with E-state index in [1.165, 1.54) is 0 Å². The van der Waals surface area contributed by atoms with E-state index in [0.29, 0.717) is 28.9 Å². The molecule has 2 heterocycles. The van der Waals surface area contributed by atoms with Crippen molar-refractivity contribution in [3.63, 3.8) is 0 Å². The molecule has 0 aliphatic carbocycles. The third-order valence-corrected chi connectivity index (χ3v) is 9.42. The molecule has 0 N–H and O–H groups in total. The van der Waals surface area contributed by atoms with Gasteiger partial charge in [-0.3, -0.25) is 0 Å². The SMILES string of the molecule is N#Cc1ccc(-c2ccc(-c3nc(-c4ccccc4)nc(-c4ccccc4)n3)c(-c3ccccc3-c3nc(-c4ccccc4)c4ccccc4n3)c2)cc1. The van der Waals surface area contributed by atoms with Crippen LogP contribution >= 0.6 is 0 Å². The van der Waals surface area contributed by atoms with E-state index in [0.717, 1.165) is 66.7 Å². The summed E-state index contributed by atoms with van der Waals surface area (Å²) in [5.41, 5.74) is 10.7. The molecule has 7 aromatic carbocycles. The lowest BCUT2D eigenvalue weighted by Gasteiger charge is -2.17. The zero-order valence-corrected chi connectivity index (χ0v) is 29.0. The molecule has 0 radical (unpaired) electrons. The normalized spacial score (nSPS) is 10.9. The third kappa shape index (κ3) is 6.27. The number of benzene rings is 7. The fourth-order valence-electron chi connectivity index (χ4n) is 6.73. The Bertz CT molecular complexity index is 2760. The van der Waals surface area contributed by atoms with Crippen LogP contribution in [-0.4, -0.2) is 24.9 Å². The molecule has 0 atom stereocenters. The van der Waals surface area contributed by atoms with Crippen LogP contribution in [0.15, 0.2) is 182 Å². The van der Waals surface area contributed by atoms with E-state index < -0.39 is 0 Å². The fraction of sp³-hybridized carbons (Fsp3) is 0. The van der Waals surface area contributed by atoms with Gasteiger partial charge in [0.2, 0.25) is 0 Å². The van der Waals surface area contributed by atoms with E-state index in [2.05, 4.69) is 54.6 Å². The summed E-state index contributed by atoms with van der Waals surface area (Å²) in [6, 6.07) is 62.8. The number of fused-ring (bicyclic) bond motifs is 1. The molecule has 6 heteroatoms. The minimum absolute atomic E-state index is 0.545. The Kier molecular flexibility index (Phi) is 8.48. The second kappa shape index (κ2) is 14.2. The maximum atomic E-state index is 9.48. The van der Waals surface area contributed by atoms with Crippen molar-refractivity contribution >= 4 is 10.9 Å².